The number of para-hydroxylation sites is 2. The molecule has 3 heterocycles. The number of hydrogen-bond donors (Lipinski definition) is 1. The Hall–Kier alpha value is -1.92. The van der Waals surface area contributed by atoms with Crippen LogP contribution in [0.5, 0.6) is 0 Å². The molecule has 3 aromatic rings. The number of anilines is 1. The van der Waals surface area contributed by atoms with Gasteiger partial charge in [-0.15, -0.1) is 11.3 Å². The van der Waals surface area contributed by atoms with E-state index in [0.717, 1.165) is 31.0 Å². The van der Waals surface area contributed by atoms with Crippen molar-refractivity contribution in [2.45, 2.75) is 38.9 Å². The van der Waals surface area contributed by atoms with E-state index in [-0.39, 0.29) is 0 Å². The number of nitrogens with zero attached hydrogens (tertiary/aromatic N) is 4. The summed E-state index contributed by atoms with van der Waals surface area (Å²) in [4.78, 5) is 12.7. The van der Waals surface area contributed by atoms with E-state index >= 15 is 0 Å². The first kappa shape index (κ1) is 14.7. The third-order valence-electron chi connectivity index (χ3n) is 4.67. The van der Waals surface area contributed by atoms with E-state index in [1.807, 2.05) is 6.20 Å². The minimum atomic E-state index is 0.551. The minimum absolute atomic E-state index is 0.551. The summed E-state index contributed by atoms with van der Waals surface area (Å²) in [6.07, 6.45) is 4.40. The maximum absolute atomic E-state index is 5.76. The highest BCUT2D eigenvalue weighted by molar-refractivity contribution is 7.15. The van der Waals surface area contributed by atoms with Gasteiger partial charge in [-0.3, -0.25) is 4.90 Å². The van der Waals surface area contributed by atoms with Crippen molar-refractivity contribution in [3.8, 4) is 0 Å². The monoisotopic (exact) mass is 327 g/mol. The van der Waals surface area contributed by atoms with Crippen LogP contribution in [0.25, 0.3) is 11.0 Å². The van der Waals surface area contributed by atoms with Gasteiger partial charge in [-0.25, -0.2) is 9.97 Å². The molecule has 2 N–H and O–H groups in total. The second-order valence-corrected chi connectivity index (χ2v) is 7.34. The van der Waals surface area contributed by atoms with Gasteiger partial charge < -0.3 is 10.3 Å². The van der Waals surface area contributed by atoms with Crippen LogP contribution in [0.2, 0.25) is 0 Å². The zero-order valence-electron chi connectivity index (χ0n) is 13.3. The van der Waals surface area contributed by atoms with Gasteiger partial charge in [0.25, 0.3) is 0 Å². The number of benzene rings is 1. The number of imidazole rings is 1. The molecule has 1 atom stereocenters. The normalized spacial score (nSPS) is 18.9. The Morgan fingerprint density at radius 2 is 2.22 bits per heavy atom. The highest BCUT2D eigenvalue weighted by atomic mass is 32.1. The average Bonchev–Trinajstić information content (AvgIpc) is 3.22. The van der Waals surface area contributed by atoms with Crippen molar-refractivity contribution < 1.29 is 0 Å². The van der Waals surface area contributed by atoms with Crippen LogP contribution in [0, 0.1) is 6.92 Å². The van der Waals surface area contributed by atoms with Crippen LogP contribution in [-0.4, -0.2) is 32.0 Å². The molecule has 5 nitrogen and oxygen atoms in total. The van der Waals surface area contributed by atoms with E-state index in [4.69, 9.17) is 5.73 Å². The lowest BCUT2D eigenvalue weighted by Gasteiger charge is -2.24. The van der Waals surface area contributed by atoms with Crippen molar-refractivity contribution >= 4 is 27.5 Å². The molecule has 4 rings (SSSR count). The van der Waals surface area contributed by atoms with Gasteiger partial charge in [0, 0.05) is 30.2 Å². The van der Waals surface area contributed by atoms with Crippen molar-refractivity contribution in [1.29, 1.82) is 0 Å². The van der Waals surface area contributed by atoms with Crippen LogP contribution >= 0.6 is 11.3 Å². The van der Waals surface area contributed by atoms with E-state index in [2.05, 4.69) is 50.6 Å². The van der Waals surface area contributed by atoms with Crippen molar-refractivity contribution in [2.75, 3.05) is 12.3 Å². The van der Waals surface area contributed by atoms with E-state index in [1.54, 1.807) is 11.3 Å². The fraction of sp³-hybridized carbons (Fsp3) is 0.412. The molecule has 1 unspecified atom stereocenters. The van der Waals surface area contributed by atoms with Crippen LogP contribution < -0.4 is 5.73 Å². The van der Waals surface area contributed by atoms with Crippen molar-refractivity contribution in [3.63, 3.8) is 0 Å². The molecule has 0 bridgehead atoms. The first-order valence-electron chi connectivity index (χ1n) is 8.07. The fourth-order valence-corrected chi connectivity index (χ4v) is 4.25. The topological polar surface area (TPSA) is 60.0 Å². The Labute approximate surface area is 139 Å². The third kappa shape index (κ3) is 2.84. The molecule has 6 heteroatoms. The zero-order valence-corrected chi connectivity index (χ0v) is 14.1. The summed E-state index contributed by atoms with van der Waals surface area (Å²) in [6.45, 7) is 5.20. The van der Waals surface area contributed by atoms with Gasteiger partial charge in [-0.05, 0) is 38.4 Å². The molecular formula is C17H21N5S. The molecule has 2 aromatic heterocycles. The van der Waals surface area contributed by atoms with E-state index < -0.39 is 0 Å². The molecule has 0 saturated carbocycles. The Bertz CT molecular complexity index is 821. The molecule has 1 fully saturated rings. The summed E-state index contributed by atoms with van der Waals surface area (Å²) in [5.41, 5.74) is 8.08. The van der Waals surface area contributed by atoms with Crippen molar-refractivity contribution in [2.24, 2.45) is 0 Å². The largest absolute Gasteiger partial charge is 0.375 e. The predicted molar refractivity (Wildman–Crippen MR) is 94.4 cm³/mol. The van der Waals surface area contributed by atoms with Crippen LogP contribution in [-0.2, 0) is 13.1 Å². The fourth-order valence-electron chi connectivity index (χ4n) is 3.54. The van der Waals surface area contributed by atoms with Crippen molar-refractivity contribution in [3.05, 3.63) is 41.2 Å². The van der Waals surface area contributed by atoms with Gasteiger partial charge in [-0.1, -0.05) is 12.1 Å². The summed E-state index contributed by atoms with van der Waals surface area (Å²) >= 11 is 1.60. The van der Waals surface area contributed by atoms with Gasteiger partial charge in [0.05, 0.1) is 11.0 Å². The number of aryl methyl sites for hydroxylation is 1. The number of nitrogen functional groups attached to an aromatic ring is 1. The van der Waals surface area contributed by atoms with Gasteiger partial charge in [0.2, 0.25) is 0 Å². The maximum atomic E-state index is 5.76. The standard InChI is InChI=1S/C17H21N5S/c1-12-20-15-6-2-3-7-16(15)22(12)10-13-5-4-8-21(13)11-14-9-19-17(18)23-14/h2-3,6-7,9,13H,4-5,8,10-11H2,1H3,(H2,18,19). The Morgan fingerprint density at radius 3 is 3.04 bits per heavy atom. The summed E-state index contributed by atoms with van der Waals surface area (Å²) in [5.74, 6) is 1.10. The summed E-state index contributed by atoms with van der Waals surface area (Å²) in [6, 6.07) is 8.94. The van der Waals surface area contributed by atoms with Crippen LogP contribution in [0.4, 0.5) is 5.13 Å². The smallest absolute Gasteiger partial charge is 0.180 e. The van der Waals surface area contributed by atoms with Gasteiger partial charge in [0.1, 0.15) is 5.82 Å². The summed E-state index contributed by atoms with van der Waals surface area (Å²) in [5, 5.41) is 0.659. The van der Waals surface area contributed by atoms with Crippen LogP contribution in [0.3, 0.4) is 0 Å². The minimum Gasteiger partial charge on any atom is -0.375 e. The van der Waals surface area contributed by atoms with Crippen LogP contribution in [0.1, 0.15) is 23.5 Å². The second-order valence-electron chi connectivity index (χ2n) is 6.19. The lowest BCUT2D eigenvalue weighted by molar-refractivity contribution is 0.226. The molecule has 120 valence electrons. The predicted octanol–water partition coefficient (Wildman–Crippen LogP) is 3.05. The Kier molecular flexibility index (Phi) is 3.79. The number of thiazole rings is 1. The first-order valence-corrected chi connectivity index (χ1v) is 8.88. The van der Waals surface area contributed by atoms with E-state index in [1.165, 1.54) is 23.2 Å². The lowest BCUT2D eigenvalue weighted by Crippen LogP contribution is -2.32. The lowest BCUT2D eigenvalue weighted by atomic mass is 10.2. The number of fused-ring (bicyclic) bond motifs is 1. The summed E-state index contributed by atoms with van der Waals surface area (Å²) < 4.78 is 2.36. The van der Waals surface area contributed by atoms with Gasteiger partial charge in [0.15, 0.2) is 5.13 Å². The number of aromatic nitrogens is 3. The Balaban J connectivity index is 1.55. The highest BCUT2D eigenvalue weighted by Crippen LogP contribution is 2.26. The molecule has 0 aliphatic carbocycles. The highest BCUT2D eigenvalue weighted by Gasteiger charge is 2.26. The van der Waals surface area contributed by atoms with Crippen LogP contribution in [0.15, 0.2) is 30.5 Å². The molecule has 0 amide bonds. The second kappa shape index (κ2) is 5.94. The van der Waals surface area contributed by atoms with E-state index in [9.17, 15) is 0 Å². The maximum Gasteiger partial charge on any atom is 0.180 e. The summed E-state index contributed by atoms with van der Waals surface area (Å²) in [7, 11) is 0. The third-order valence-corrected chi connectivity index (χ3v) is 5.48. The van der Waals surface area contributed by atoms with Gasteiger partial charge in [-0.2, -0.15) is 0 Å². The molecule has 23 heavy (non-hydrogen) atoms. The quantitative estimate of drug-likeness (QED) is 0.800. The van der Waals surface area contributed by atoms with Gasteiger partial charge >= 0.3 is 0 Å². The number of likely N-dealkylation sites (tertiary alicyclic amines) is 1. The number of rotatable bonds is 4. The number of nitrogens with two attached hydrogens (primary N) is 1. The molecule has 0 radical (unpaired) electrons. The average molecular weight is 327 g/mol. The Morgan fingerprint density at radius 1 is 1.35 bits per heavy atom. The molecule has 1 saturated heterocycles. The number of hydrogen-bond acceptors (Lipinski definition) is 5. The molecule has 0 spiro atoms. The molecule has 1 aliphatic rings. The first-order chi connectivity index (χ1) is 11.2. The molecule has 1 aliphatic heterocycles. The van der Waals surface area contributed by atoms with E-state index in [0.29, 0.717) is 11.2 Å². The molecular weight excluding hydrogens is 306 g/mol. The van der Waals surface area contributed by atoms with Crippen molar-refractivity contribution in [1.82, 2.24) is 19.4 Å². The zero-order chi connectivity index (χ0) is 15.8. The SMILES string of the molecule is Cc1nc2ccccc2n1CC1CCCN1Cc1cnc(N)s1. The molecule has 1 aromatic carbocycles.